The van der Waals surface area contributed by atoms with Crippen molar-refractivity contribution in [1.29, 1.82) is 0 Å². The number of hydrogen-bond acceptors (Lipinski definition) is 3. The van der Waals surface area contributed by atoms with Crippen LogP contribution in [0.1, 0.15) is 17.0 Å². The number of amides is 1. The molecule has 4 nitrogen and oxygen atoms in total. The zero-order chi connectivity index (χ0) is 13.7. The van der Waals surface area contributed by atoms with Gasteiger partial charge < -0.3 is 10.4 Å². The quantitative estimate of drug-likeness (QED) is 0.879. The lowest BCUT2D eigenvalue weighted by Gasteiger charge is -2.06. The highest BCUT2D eigenvalue weighted by Crippen LogP contribution is 2.15. The van der Waals surface area contributed by atoms with E-state index in [2.05, 4.69) is 10.3 Å². The van der Waals surface area contributed by atoms with Gasteiger partial charge in [0, 0.05) is 11.3 Å². The lowest BCUT2D eigenvalue weighted by Crippen LogP contribution is -2.25. The van der Waals surface area contributed by atoms with E-state index in [4.69, 9.17) is 0 Å². The Morgan fingerprint density at radius 1 is 1.21 bits per heavy atom. The minimum atomic E-state index is -0.134. The SMILES string of the molecule is Cc1cccc(CNC(=O)Cc2ccccc2O)n1. The molecular formula is C15H16N2O2. The molecule has 0 aliphatic rings. The Balaban J connectivity index is 1.90. The Bertz CT molecular complexity index is 582. The highest BCUT2D eigenvalue weighted by atomic mass is 16.3. The van der Waals surface area contributed by atoms with Crippen LogP contribution in [0.3, 0.4) is 0 Å². The first-order valence-electron chi connectivity index (χ1n) is 6.11. The van der Waals surface area contributed by atoms with E-state index in [0.717, 1.165) is 11.4 Å². The number of hydrogen-bond donors (Lipinski definition) is 2. The molecule has 0 fully saturated rings. The molecule has 1 aromatic carbocycles. The molecule has 2 rings (SSSR count). The van der Waals surface area contributed by atoms with Gasteiger partial charge in [-0.3, -0.25) is 9.78 Å². The second kappa shape index (κ2) is 6.00. The molecular weight excluding hydrogens is 240 g/mol. The molecule has 1 amide bonds. The van der Waals surface area contributed by atoms with Crippen molar-refractivity contribution in [2.75, 3.05) is 0 Å². The van der Waals surface area contributed by atoms with Crippen molar-refractivity contribution in [2.24, 2.45) is 0 Å². The third-order valence-corrected chi connectivity index (χ3v) is 2.76. The fourth-order valence-electron chi connectivity index (χ4n) is 1.78. The molecule has 19 heavy (non-hydrogen) atoms. The van der Waals surface area contributed by atoms with Crippen molar-refractivity contribution in [2.45, 2.75) is 19.9 Å². The number of aromatic nitrogens is 1. The lowest BCUT2D eigenvalue weighted by atomic mass is 10.1. The molecule has 1 heterocycles. The molecule has 0 aliphatic carbocycles. The Labute approximate surface area is 112 Å². The first kappa shape index (κ1) is 13.1. The summed E-state index contributed by atoms with van der Waals surface area (Å²) in [6, 6.07) is 12.5. The largest absolute Gasteiger partial charge is 0.508 e. The first-order valence-corrected chi connectivity index (χ1v) is 6.11. The average molecular weight is 256 g/mol. The minimum Gasteiger partial charge on any atom is -0.508 e. The van der Waals surface area contributed by atoms with E-state index >= 15 is 0 Å². The van der Waals surface area contributed by atoms with Gasteiger partial charge in [0.2, 0.25) is 5.91 Å². The van der Waals surface area contributed by atoms with Crippen molar-refractivity contribution in [1.82, 2.24) is 10.3 Å². The van der Waals surface area contributed by atoms with Gasteiger partial charge in [-0.25, -0.2) is 0 Å². The summed E-state index contributed by atoms with van der Waals surface area (Å²) in [6.07, 6.45) is 0.165. The van der Waals surface area contributed by atoms with Crippen LogP contribution in [0.4, 0.5) is 0 Å². The van der Waals surface area contributed by atoms with Crippen molar-refractivity contribution in [3.8, 4) is 5.75 Å². The highest BCUT2D eigenvalue weighted by molar-refractivity contribution is 5.79. The number of para-hydroxylation sites is 1. The molecule has 2 aromatic rings. The summed E-state index contributed by atoms with van der Waals surface area (Å²) in [5, 5.41) is 12.4. The van der Waals surface area contributed by atoms with Gasteiger partial charge in [-0.2, -0.15) is 0 Å². The Hall–Kier alpha value is -2.36. The number of nitrogens with zero attached hydrogens (tertiary/aromatic N) is 1. The molecule has 0 spiro atoms. The van der Waals surface area contributed by atoms with E-state index in [1.807, 2.05) is 25.1 Å². The topological polar surface area (TPSA) is 62.2 Å². The molecule has 2 N–H and O–H groups in total. The number of benzene rings is 1. The average Bonchev–Trinajstić information content (AvgIpc) is 2.39. The fourth-order valence-corrected chi connectivity index (χ4v) is 1.78. The van der Waals surface area contributed by atoms with E-state index in [1.54, 1.807) is 24.3 Å². The molecule has 0 saturated heterocycles. The van der Waals surface area contributed by atoms with Crippen LogP contribution in [0, 0.1) is 6.92 Å². The van der Waals surface area contributed by atoms with Gasteiger partial charge in [0.25, 0.3) is 0 Å². The lowest BCUT2D eigenvalue weighted by molar-refractivity contribution is -0.120. The molecule has 98 valence electrons. The first-order chi connectivity index (χ1) is 9.15. The summed E-state index contributed by atoms with van der Waals surface area (Å²) < 4.78 is 0. The summed E-state index contributed by atoms with van der Waals surface area (Å²) in [5.41, 5.74) is 2.37. The van der Waals surface area contributed by atoms with E-state index in [-0.39, 0.29) is 18.1 Å². The predicted molar refractivity (Wildman–Crippen MR) is 72.6 cm³/mol. The summed E-state index contributed by atoms with van der Waals surface area (Å²) in [4.78, 5) is 16.1. The van der Waals surface area contributed by atoms with Gasteiger partial charge in [0.1, 0.15) is 5.75 Å². The summed E-state index contributed by atoms with van der Waals surface area (Å²) in [5.74, 6) is 0.0103. The minimum absolute atomic E-state index is 0.134. The third-order valence-electron chi connectivity index (χ3n) is 2.76. The number of nitrogens with one attached hydrogen (secondary N) is 1. The van der Waals surface area contributed by atoms with Crippen LogP contribution in [0.2, 0.25) is 0 Å². The Morgan fingerprint density at radius 3 is 2.74 bits per heavy atom. The van der Waals surface area contributed by atoms with Gasteiger partial charge in [0.05, 0.1) is 18.7 Å². The predicted octanol–water partition coefficient (Wildman–Crippen LogP) is 1.95. The van der Waals surface area contributed by atoms with Gasteiger partial charge >= 0.3 is 0 Å². The second-order valence-electron chi connectivity index (χ2n) is 4.35. The zero-order valence-electron chi connectivity index (χ0n) is 10.8. The van der Waals surface area contributed by atoms with Crippen LogP contribution in [0.5, 0.6) is 5.75 Å². The van der Waals surface area contributed by atoms with Crippen LogP contribution in [-0.2, 0) is 17.8 Å². The summed E-state index contributed by atoms with van der Waals surface area (Å²) in [6.45, 7) is 2.31. The highest BCUT2D eigenvalue weighted by Gasteiger charge is 2.07. The maximum Gasteiger partial charge on any atom is 0.224 e. The summed E-state index contributed by atoms with van der Waals surface area (Å²) in [7, 11) is 0. The number of phenolic OH excluding ortho intramolecular Hbond substituents is 1. The normalized spacial score (nSPS) is 10.2. The van der Waals surface area contributed by atoms with E-state index in [9.17, 15) is 9.90 Å². The zero-order valence-corrected chi connectivity index (χ0v) is 10.8. The summed E-state index contributed by atoms with van der Waals surface area (Å²) >= 11 is 0. The molecule has 1 aromatic heterocycles. The molecule has 0 aliphatic heterocycles. The monoisotopic (exact) mass is 256 g/mol. The van der Waals surface area contributed by atoms with Crippen molar-refractivity contribution >= 4 is 5.91 Å². The standard InChI is InChI=1S/C15H16N2O2/c1-11-5-4-7-13(17-11)10-16-15(19)9-12-6-2-3-8-14(12)18/h2-8,18H,9-10H2,1H3,(H,16,19). The molecule has 0 atom stereocenters. The number of rotatable bonds is 4. The molecule has 0 bridgehead atoms. The van der Waals surface area contributed by atoms with Gasteiger partial charge in [-0.15, -0.1) is 0 Å². The van der Waals surface area contributed by atoms with Crippen LogP contribution < -0.4 is 5.32 Å². The van der Waals surface area contributed by atoms with Crippen LogP contribution in [0.15, 0.2) is 42.5 Å². The fraction of sp³-hybridized carbons (Fsp3) is 0.200. The maximum absolute atomic E-state index is 11.8. The number of pyridine rings is 1. The van der Waals surface area contributed by atoms with Crippen molar-refractivity contribution < 1.29 is 9.90 Å². The van der Waals surface area contributed by atoms with Gasteiger partial charge in [-0.05, 0) is 25.1 Å². The number of phenols is 1. The number of carbonyl (C=O) groups is 1. The van der Waals surface area contributed by atoms with Gasteiger partial charge in [-0.1, -0.05) is 24.3 Å². The van der Waals surface area contributed by atoms with Crippen LogP contribution >= 0.6 is 0 Å². The van der Waals surface area contributed by atoms with E-state index in [1.165, 1.54) is 0 Å². The smallest absolute Gasteiger partial charge is 0.224 e. The molecule has 0 radical (unpaired) electrons. The van der Waals surface area contributed by atoms with E-state index in [0.29, 0.717) is 12.1 Å². The second-order valence-corrected chi connectivity index (χ2v) is 4.35. The molecule has 0 saturated carbocycles. The number of carbonyl (C=O) groups excluding carboxylic acids is 1. The third kappa shape index (κ3) is 3.81. The van der Waals surface area contributed by atoms with Crippen LogP contribution in [0.25, 0.3) is 0 Å². The van der Waals surface area contributed by atoms with E-state index < -0.39 is 0 Å². The van der Waals surface area contributed by atoms with Crippen LogP contribution in [-0.4, -0.2) is 16.0 Å². The Morgan fingerprint density at radius 2 is 2.00 bits per heavy atom. The Kier molecular flexibility index (Phi) is 4.13. The molecule has 4 heteroatoms. The molecule has 0 unspecified atom stereocenters. The van der Waals surface area contributed by atoms with Crippen molar-refractivity contribution in [3.63, 3.8) is 0 Å². The number of aromatic hydroxyl groups is 1. The van der Waals surface area contributed by atoms with Gasteiger partial charge in [0.15, 0.2) is 0 Å². The maximum atomic E-state index is 11.8. The van der Waals surface area contributed by atoms with Crippen molar-refractivity contribution in [3.05, 3.63) is 59.4 Å². The number of aryl methyl sites for hydroxylation is 1.